The van der Waals surface area contributed by atoms with E-state index in [4.69, 9.17) is 0 Å². The first-order valence-corrected chi connectivity index (χ1v) is 11.4. The van der Waals surface area contributed by atoms with E-state index < -0.39 is 0 Å². The Bertz CT molecular complexity index is 1130. The molecule has 0 spiro atoms. The molecule has 0 unspecified atom stereocenters. The fourth-order valence-electron chi connectivity index (χ4n) is 3.73. The average molecular weight is 482 g/mol. The van der Waals surface area contributed by atoms with Crippen LogP contribution in [0.5, 0.6) is 0 Å². The van der Waals surface area contributed by atoms with Gasteiger partial charge in [0.2, 0.25) is 0 Å². The Morgan fingerprint density at radius 3 is 2.57 bits per heavy atom. The summed E-state index contributed by atoms with van der Waals surface area (Å²) in [5.41, 5.74) is 6.67. The Morgan fingerprint density at radius 1 is 1.17 bits per heavy atom. The van der Waals surface area contributed by atoms with E-state index >= 15 is 0 Å². The largest absolute Gasteiger partial charge is 0.365 e. The number of hydrogen-bond acceptors (Lipinski definition) is 4. The van der Waals surface area contributed by atoms with Crippen molar-refractivity contribution in [3.63, 3.8) is 0 Å². The molecule has 1 fully saturated rings. The monoisotopic (exact) mass is 481 g/mol. The number of nitrogens with one attached hydrogen (secondary N) is 1. The fraction of sp³-hybridized carbons (Fsp3) is 0.250. The van der Waals surface area contributed by atoms with Crippen LogP contribution in [0.15, 0.2) is 56.8 Å². The van der Waals surface area contributed by atoms with Crippen LogP contribution in [0.2, 0.25) is 0 Å². The van der Waals surface area contributed by atoms with E-state index in [1.54, 1.807) is 0 Å². The van der Waals surface area contributed by atoms with Gasteiger partial charge in [0.15, 0.2) is 5.17 Å². The second-order valence-corrected chi connectivity index (χ2v) is 10.2. The normalized spacial score (nSPS) is 20.4. The Kier molecular flexibility index (Phi) is 5.41. The molecular weight excluding hydrogens is 458 g/mol. The van der Waals surface area contributed by atoms with Gasteiger partial charge in [0.25, 0.3) is 5.91 Å². The third-order valence-corrected chi connectivity index (χ3v) is 7.04. The van der Waals surface area contributed by atoms with Gasteiger partial charge in [0.1, 0.15) is 0 Å². The van der Waals surface area contributed by atoms with Crippen molar-refractivity contribution >= 4 is 61.8 Å². The number of nitrogens with zero attached hydrogens (tertiary/aromatic N) is 2. The molecule has 2 aliphatic rings. The highest BCUT2D eigenvalue weighted by atomic mass is 79.9. The Labute approximate surface area is 190 Å². The molecule has 4 nitrogen and oxygen atoms in total. The fourth-order valence-corrected chi connectivity index (χ4v) is 4.82. The maximum atomic E-state index is 12.5. The van der Waals surface area contributed by atoms with Crippen LogP contribution in [0.4, 0.5) is 11.4 Å². The number of amidine groups is 1. The van der Waals surface area contributed by atoms with Gasteiger partial charge in [0, 0.05) is 22.8 Å². The zero-order chi connectivity index (χ0) is 21.6. The number of benzene rings is 2. The van der Waals surface area contributed by atoms with E-state index in [-0.39, 0.29) is 11.4 Å². The molecule has 1 amide bonds. The molecule has 0 radical (unpaired) electrons. The van der Waals surface area contributed by atoms with Crippen molar-refractivity contribution in [1.29, 1.82) is 0 Å². The maximum Gasteiger partial charge on any atom is 0.264 e. The molecule has 4 rings (SSSR count). The summed E-state index contributed by atoms with van der Waals surface area (Å²) < 4.78 is 0.997. The van der Waals surface area contributed by atoms with Crippen LogP contribution in [0, 0.1) is 6.92 Å². The molecule has 0 atom stereocenters. The number of fused-ring (bicyclic) bond motifs is 1. The van der Waals surface area contributed by atoms with Crippen LogP contribution in [0.3, 0.4) is 0 Å². The number of halogens is 1. The Hall–Kier alpha value is -2.31. The lowest BCUT2D eigenvalue weighted by Gasteiger charge is -2.41. The van der Waals surface area contributed by atoms with Crippen molar-refractivity contribution in [2.45, 2.75) is 33.2 Å². The summed E-state index contributed by atoms with van der Waals surface area (Å²) in [5, 5.41) is 3.47. The molecule has 2 heterocycles. The number of carbonyl (C=O) groups excluding carboxylic acids is 1. The van der Waals surface area contributed by atoms with E-state index in [9.17, 15) is 4.79 Å². The molecule has 30 heavy (non-hydrogen) atoms. The number of likely N-dealkylation sites (N-methyl/N-ethyl adjacent to an activating group) is 1. The number of amides is 1. The molecule has 2 aliphatic heterocycles. The van der Waals surface area contributed by atoms with E-state index in [2.05, 4.69) is 84.1 Å². The highest BCUT2D eigenvalue weighted by Gasteiger charge is 2.29. The number of thioether (sulfide) groups is 1. The number of carbonyl (C=O) groups is 1. The zero-order valence-corrected chi connectivity index (χ0v) is 20.1. The summed E-state index contributed by atoms with van der Waals surface area (Å²) in [4.78, 5) is 20.0. The minimum absolute atomic E-state index is 0.0247. The third kappa shape index (κ3) is 3.98. The SMILES string of the molecule is CC1=CC(C)(C)N(C)c2cc(C)c(/C=C3/SC(=Nc4ccc(Br)cc4)NC3=O)cc21. The highest BCUT2D eigenvalue weighted by molar-refractivity contribution is 9.10. The van der Waals surface area contributed by atoms with Crippen molar-refractivity contribution in [3.8, 4) is 0 Å². The molecular formula is C24H24BrN3OS. The number of hydrogen-bond donors (Lipinski definition) is 1. The average Bonchev–Trinajstić information content (AvgIpc) is 3.01. The highest BCUT2D eigenvalue weighted by Crippen LogP contribution is 2.40. The quantitative estimate of drug-likeness (QED) is 0.513. The molecule has 0 saturated carbocycles. The standard InChI is InChI=1S/C24H24BrN3OS/c1-14-10-20-19(15(2)13-24(3,4)28(20)5)11-16(14)12-21-22(29)27-23(30-21)26-18-8-6-17(25)7-9-18/h6-13H,1-5H3,(H,26,27,29)/b21-12+. The van der Waals surface area contributed by atoms with Crippen LogP contribution >= 0.6 is 27.7 Å². The maximum absolute atomic E-state index is 12.5. The van der Waals surface area contributed by atoms with Crippen molar-refractivity contribution in [2.24, 2.45) is 4.99 Å². The van der Waals surface area contributed by atoms with Crippen LogP contribution in [0.25, 0.3) is 11.6 Å². The smallest absolute Gasteiger partial charge is 0.264 e. The van der Waals surface area contributed by atoms with Crippen molar-refractivity contribution < 1.29 is 4.79 Å². The minimum Gasteiger partial charge on any atom is -0.365 e. The predicted octanol–water partition coefficient (Wildman–Crippen LogP) is 6.28. The molecule has 1 N–H and O–H groups in total. The molecule has 0 bridgehead atoms. The van der Waals surface area contributed by atoms with Crippen LogP contribution in [0.1, 0.15) is 37.5 Å². The summed E-state index contributed by atoms with van der Waals surface area (Å²) >= 11 is 4.80. The Morgan fingerprint density at radius 2 is 1.87 bits per heavy atom. The lowest BCUT2D eigenvalue weighted by Crippen LogP contribution is -2.42. The second-order valence-electron chi connectivity index (χ2n) is 8.22. The van der Waals surface area contributed by atoms with Gasteiger partial charge in [-0.3, -0.25) is 4.79 Å². The Balaban J connectivity index is 1.66. The van der Waals surface area contributed by atoms with E-state index in [1.165, 1.54) is 28.6 Å². The molecule has 154 valence electrons. The van der Waals surface area contributed by atoms with E-state index in [0.29, 0.717) is 10.1 Å². The minimum atomic E-state index is -0.113. The topological polar surface area (TPSA) is 44.7 Å². The zero-order valence-electron chi connectivity index (χ0n) is 17.7. The molecule has 0 aliphatic carbocycles. The molecule has 6 heteroatoms. The molecule has 1 saturated heterocycles. The number of aryl methyl sites for hydroxylation is 1. The van der Waals surface area contributed by atoms with Gasteiger partial charge < -0.3 is 10.2 Å². The number of aliphatic imine (C=N–C) groups is 1. The first-order valence-electron chi connectivity index (χ1n) is 9.77. The van der Waals surface area contributed by atoms with Crippen molar-refractivity contribution in [2.75, 3.05) is 11.9 Å². The summed E-state index contributed by atoms with van der Waals surface area (Å²) in [5.74, 6) is -0.113. The van der Waals surface area contributed by atoms with Gasteiger partial charge in [0.05, 0.1) is 16.1 Å². The molecule has 2 aromatic carbocycles. The van der Waals surface area contributed by atoms with Crippen LogP contribution in [-0.2, 0) is 4.79 Å². The van der Waals surface area contributed by atoms with Gasteiger partial charge in [-0.2, -0.15) is 0 Å². The van der Waals surface area contributed by atoms with Gasteiger partial charge >= 0.3 is 0 Å². The second kappa shape index (κ2) is 7.75. The summed E-state index contributed by atoms with van der Waals surface area (Å²) in [6.07, 6.45) is 4.26. The van der Waals surface area contributed by atoms with Crippen LogP contribution < -0.4 is 10.2 Å². The molecule has 2 aromatic rings. The summed E-state index contributed by atoms with van der Waals surface area (Å²) in [7, 11) is 2.13. The van der Waals surface area contributed by atoms with Crippen molar-refractivity contribution in [3.05, 3.63) is 68.5 Å². The summed E-state index contributed by atoms with van der Waals surface area (Å²) in [6.45, 7) is 8.68. The van der Waals surface area contributed by atoms with Gasteiger partial charge in [-0.05, 0) is 98.6 Å². The first-order chi connectivity index (χ1) is 14.1. The lowest BCUT2D eigenvalue weighted by molar-refractivity contribution is -0.115. The van der Waals surface area contributed by atoms with Crippen LogP contribution in [-0.4, -0.2) is 23.7 Å². The van der Waals surface area contributed by atoms with Crippen molar-refractivity contribution in [1.82, 2.24) is 5.32 Å². The number of anilines is 1. The van der Waals surface area contributed by atoms with Gasteiger partial charge in [-0.25, -0.2) is 4.99 Å². The van der Waals surface area contributed by atoms with E-state index in [1.807, 2.05) is 30.3 Å². The first kappa shape index (κ1) is 20.9. The van der Waals surface area contributed by atoms with E-state index in [0.717, 1.165) is 21.3 Å². The van der Waals surface area contributed by atoms with Gasteiger partial charge in [-0.1, -0.05) is 22.0 Å². The summed E-state index contributed by atoms with van der Waals surface area (Å²) in [6, 6.07) is 12.1. The lowest BCUT2D eigenvalue weighted by atomic mass is 9.87. The predicted molar refractivity (Wildman–Crippen MR) is 132 cm³/mol. The molecule has 0 aromatic heterocycles. The number of allylic oxidation sites excluding steroid dienone is 1. The number of rotatable bonds is 2. The van der Waals surface area contributed by atoms with Gasteiger partial charge in [-0.15, -0.1) is 0 Å². The third-order valence-electron chi connectivity index (χ3n) is 5.60.